The van der Waals surface area contributed by atoms with Gasteiger partial charge in [-0.05, 0) is 12.3 Å². The van der Waals surface area contributed by atoms with Crippen LogP contribution in [0, 0.1) is 5.92 Å². The molecule has 0 bridgehead atoms. The number of hydrogen-bond acceptors (Lipinski definition) is 2. The number of aliphatic imine (C=N–C) groups is 1. The van der Waals surface area contributed by atoms with Crippen molar-refractivity contribution in [1.82, 2.24) is 4.90 Å². The van der Waals surface area contributed by atoms with E-state index in [4.69, 9.17) is 5.73 Å². The molecule has 0 saturated heterocycles. The standard InChI is InChI=1S/C14H27N3O/c1-4-5-6-7-8-9-12-13(15)16-14(18)17(12)10-11(2)3/h11-12H,4-10H2,1-3H3,(H2,15,16,18). The minimum absolute atomic E-state index is 0.0431. The van der Waals surface area contributed by atoms with Gasteiger partial charge in [-0.2, -0.15) is 4.99 Å². The van der Waals surface area contributed by atoms with Crippen LogP contribution in [0.3, 0.4) is 0 Å². The van der Waals surface area contributed by atoms with Gasteiger partial charge in [-0.25, -0.2) is 4.79 Å². The molecule has 1 heterocycles. The Morgan fingerprint density at radius 3 is 2.56 bits per heavy atom. The minimum atomic E-state index is -0.153. The van der Waals surface area contributed by atoms with E-state index in [1.165, 1.54) is 25.7 Å². The first-order valence-corrected chi connectivity index (χ1v) is 7.21. The Balaban J connectivity index is 2.40. The van der Waals surface area contributed by atoms with Crippen molar-refractivity contribution < 1.29 is 4.79 Å². The topological polar surface area (TPSA) is 58.7 Å². The maximum absolute atomic E-state index is 11.7. The monoisotopic (exact) mass is 253 g/mol. The summed E-state index contributed by atoms with van der Waals surface area (Å²) in [5, 5.41) is 0. The predicted molar refractivity (Wildman–Crippen MR) is 75.7 cm³/mol. The van der Waals surface area contributed by atoms with Crippen LogP contribution in [0.15, 0.2) is 4.99 Å². The number of carbonyl (C=O) groups is 1. The third kappa shape index (κ3) is 4.31. The summed E-state index contributed by atoms with van der Waals surface area (Å²) in [5.74, 6) is 0.966. The lowest BCUT2D eigenvalue weighted by atomic mass is 10.0. The molecule has 1 unspecified atom stereocenters. The fourth-order valence-electron chi connectivity index (χ4n) is 2.39. The molecule has 1 aliphatic rings. The second kappa shape index (κ2) is 7.39. The highest BCUT2D eigenvalue weighted by Gasteiger charge is 2.32. The molecule has 2 N–H and O–H groups in total. The largest absolute Gasteiger partial charge is 0.385 e. The zero-order chi connectivity index (χ0) is 13.5. The molecule has 4 nitrogen and oxygen atoms in total. The molecule has 4 heteroatoms. The maximum Gasteiger partial charge on any atom is 0.345 e. The predicted octanol–water partition coefficient (Wildman–Crippen LogP) is 3.16. The van der Waals surface area contributed by atoms with Crippen molar-refractivity contribution in [2.45, 2.75) is 65.3 Å². The van der Waals surface area contributed by atoms with Crippen molar-refractivity contribution in [3.05, 3.63) is 0 Å². The normalized spacial score (nSPS) is 19.8. The van der Waals surface area contributed by atoms with Crippen molar-refractivity contribution >= 4 is 11.9 Å². The highest BCUT2D eigenvalue weighted by atomic mass is 16.2. The fourth-order valence-corrected chi connectivity index (χ4v) is 2.39. The van der Waals surface area contributed by atoms with Crippen molar-refractivity contribution in [3.8, 4) is 0 Å². The van der Waals surface area contributed by atoms with Gasteiger partial charge < -0.3 is 10.6 Å². The Bertz CT molecular complexity index is 299. The van der Waals surface area contributed by atoms with Crippen LogP contribution in [0.25, 0.3) is 0 Å². The Kier molecular flexibility index (Phi) is 6.16. The first-order valence-electron chi connectivity index (χ1n) is 7.21. The van der Waals surface area contributed by atoms with Crippen LogP contribution in [0.2, 0.25) is 0 Å². The summed E-state index contributed by atoms with van der Waals surface area (Å²) in [6, 6.07) is -0.110. The van der Waals surface area contributed by atoms with E-state index in [0.29, 0.717) is 11.8 Å². The molecule has 2 amide bonds. The maximum atomic E-state index is 11.7. The van der Waals surface area contributed by atoms with Crippen LogP contribution in [0.1, 0.15) is 59.3 Å². The lowest BCUT2D eigenvalue weighted by Gasteiger charge is -2.25. The molecule has 1 atom stereocenters. The lowest BCUT2D eigenvalue weighted by molar-refractivity contribution is 0.195. The van der Waals surface area contributed by atoms with Gasteiger partial charge in [0, 0.05) is 6.54 Å². The number of urea groups is 1. The second-order valence-electron chi connectivity index (χ2n) is 5.58. The number of hydrogen-bond donors (Lipinski definition) is 1. The smallest absolute Gasteiger partial charge is 0.345 e. The molecule has 0 saturated carbocycles. The van der Waals surface area contributed by atoms with Crippen LogP contribution in [-0.2, 0) is 0 Å². The van der Waals surface area contributed by atoms with E-state index >= 15 is 0 Å². The summed E-state index contributed by atoms with van der Waals surface area (Å²) in [7, 11) is 0. The van der Waals surface area contributed by atoms with E-state index in [0.717, 1.165) is 19.4 Å². The van der Waals surface area contributed by atoms with Gasteiger partial charge in [0.15, 0.2) is 0 Å². The minimum Gasteiger partial charge on any atom is -0.385 e. The van der Waals surface area contributed by atoms with E-state index in [2.05, 4.69) is 25.8 Å². The molecule has 0 aromatic rings. The van der Waals surface area contributed by atoms with Crippen molar-refractivity contribution in [1.29, 1.82) is 0 Å². The summed E-state index contributed by atoms with van der Waals surface area (Å²) in [6.07, 6.45) is 7.13. The van der Waals surface area contributed by atoms with E-state index in [1.54, 1.807) is 0 Å². The van der Waals surface area contributed by atoms with Gasteiger partial charge in [0.1, 0.15) is 5.84 Å². The molecule has 0 spiro atoms. The molecule has 0 aromatic heterocycles. The third-order valence-corrected chi connectivity index (χ3v) is 3.33. The molecule has 104 valence electrons. The van der Waals surface area contributed by atoms with Crippen molar-refractivity contribution in [3.63, 3.8) is 0 Å². The van der Waals surface area contributed by atoms with Gasteiger partial charge >= 0.3 is 6.03 Å². The van der Waals surface area contributed by atoms with Gasteiger partial charge in [0.2, 0.25) is 0 Å². The zero-order valence-electron chi connectivity index (χ0n) is 12.0. The van der Waals surface area contributed by atoms with Crippen LogP contribution in [0.4, 0.5) is 4.79 Å². The van der Waals surface area contributed by atoms with Crippen LogP contribution >= 0.6 is 0 Å². The fraction of sp³-hybridized carbons (Fsp3) is 0.857. The SMILES string of the molecule is CCCCCCCC1C(N)=NC(=O)N1CC(C)C. The molecule has 1 aliphatic heterocycles. The molecule has 0 aliphatic carbocycles. The molecule has 0 aromatic carbocycles. The van der Waals surface area contributed by atoms with Gasteiger partial charge in [-0.15, -0.1) is 0 Å². The van der Waals surface area contributed by atoms with Gasteiger partial charge in [-0.3, -0.25) is 0 Å². The Hall–Kier alpha value is -1.06. The summed E-state index contributed by atoms with van der Waals surface area (Å²) < 4.78 is 0. The van der Waals surface area contributed by atoms with Gasteiger partial charge in [0.05, 0.1) is 6.04 Å². The molecule has 0 radical (unpaired) electrons. The molecule has 0 fully saturated rings. The summed E-state index contributed by atoms with van der Waals surface area (Å²) in [5.41, 5.74) is 5.86. The first-order chi connectivity index (χ1) is 8.56. The van der Waals surface area contributed by atoms with Gasteiger partial charge in [-0.1, -0.05) is 52.9 Å². The average molecular weight is 253 g/mol. The highest BCUT2D eigenvalue weighted by Crippen LogP contribution is 2.19. The Morgan fingerprint density at radius 1 is 1.28 bits per heavy atom. The van der Waals surface area contributed by atoms with Gasteiger partial charge in [0.25, 0.3) is 0 Å². The average Bonchev–Trinajstić information content (AvgIpc) is 2.54. The molecular formula is C14H27N3O. The molecule has 1 rings (SSSR count). The quantitative estimate of drug-likeness (QED) is 0.675. The van der Waals surface area contributed by atoms with E-state index in [1.807, 2.05) is 4.90 Å². The van der Waals surface area contributed by atoms with Crippen molar-refractivity contribution in [2.75, 3.05) is 6.54 Å². The summed E-state index contributed by atoms with van der Waals surface area (Å²) >= 11 is 0. The third-order valence-electron chi connectivity index (χ3n) is 3.33. The second-order valence-corrected chi connectivity index (χ2v) is 5.58. The lowest BCUT2D eigenvalue weighted by Crippen LogP contribution is -2.42. The number of nitrogens with zero attached hydrogens (tertiary/aromatic N) is 2. The number of nitrogens with two attached hydrogens (primary N) is 1. The molecular weight excluding hydrogens is 226 g/mol. The Labute approximate surface area is 111 Å². The van der Waals surface area contributed by atoms with E-state index in [9.17, 15) is 4.79 Å². The number of amidine groups is 1. The van der Waals surface area contributed by atoms with E-state index < -0.39 is 0 Å². The summed E-state index contributed by atoms with van der Waals surface area (Å²) in [4.78, 5) is 17.5. The van der Waals surface area contributed by atoms with Crippen molar-refractivity contribution in [2.24, 2.45) is 16.6 Å². The first kappa shape index (κ1) is 15.0. The summed E-state index contributed by atoms with van der Waals surface area (Å²) in [6.45, 7) is 7.19. The number of rotatable bonds is 8. The highest BCUT2D eigenvalue weighted by molar-refractivity contribution is 6.02. The number of unbranched alkanes of at least 4 members (excludes halogenated alkanes) is 4. The Morgan fingerprint density at radius 2 is 1.94 bits per heavy atom. The number of carbonyl (C=O) groups excluding carboxylic acids is 1. The zero-order valence-corrected chi connectivity index (χ0v) is 12.0. The van der Waals surface area contributed by atoms with Crippen LogP contribution < -0.4 is 5.73 Å². The number of amides is 2. The van der Waals surface area contributed by atoms with E-state index in [-0.39, 0.29) is 12.1 Å². The van der Waals surface area contributed by atoms with Crippen LogP contribution in [-0.4, -0.2) is 29.4 Å². The van der Waals surface area contributed by atoms with Crippen LogP contribution in [0.5, 0.6) is 0 Å². The molecule has 18 heavy (non-hydrogen) atoms.